The number of halogens is 1. The molecule has 2 aromatic heterocycles. The molecule has 4 nitrogen and oxygen atoms in total. The van der Waals surface area contributed by atoms with Gasteiger partial charge in [-0.2, -0.15) is 0 Å². The number of fused-ring (bicyclic) bond motifs is 1. The number of nitrogens with zero attached hydrogens (tertiary/aromatic N) is 1. The molecule has 0 saturated carbocycles. The molecule has 6 heteroatoms. The fourth-order valence-electron chi connectivity index (χ4n) is 2.57. The van der Waals surface area contributed by atoms with Crippen LogP contribution < -0.4 is 5.32 Å². The van der Waals surface area contributed by atoms with Crippen LogP contribution in [0.3, 0.4) is 0 Å². The van der Waals surface area contributed by atoms with Crippen molar-refractivity contribution in [3.8, 4) is 0 Å². The van der Waals surface area contributed by atoms with Gasteiger partial charge in [-0.15, -0.1) is 12.4 Å². The third-order valence-corrected chi connectivity index (χ3v) is 3.74. The second-order valence-electron chi connectivity index (χ2n) is 5.49. The molecule has 3 rings (SSSR count). The molecule has 24 heavy (non-hydrogen) atoms. The van der Waals surface area contributed by atoms with Crippen molar-refractivity contribution in [1.29, 1.82) is 0 Å². The van der Waals surface area contributed by atoms with Gasteiger partial charge in [-0.3, -0.25) is 9.78 Å². The number of furan rings is 1. The maximum Gasteiger partial charge on any atom is 0.219 e. The number of pyridine rings is 1. The summed E-state index contributed by atoms with van der Waals surface area (Å²) in [5.74, 6) is -0.483. The third kappa shape index (κ3) is 4.62. The van der Waals surface area contributed by atoms with Crippen LogP contribution in [0.4, 0.5) is 0 Å². The number of carbonyl (C=O) groups is 1. The Kier molecular flexibility index (Phi) is 6.44. The summed E-state index contributed by atoms with van der Waals surface area (Å²) in [5, 5.41) is 3.87. The fraction of sp³-hybridized carbons (Fsp3) is 0.222. The summed E-state index contributed by atoms with van der Waals surface area (Å²) in [4.78, 5) is 15.9. The Hall–Kier alpha value is -2.27. The molecule has 2 radical (unpaired) electrons. The van der Waals surface area contributed by atoms with Crippen LogP contribution in [0.2, 0.25) is 0 Å². The molecular formula is C18H18BClN2O2. The van der Waals surface area contributed by atoms with E-state index in [2.05, 4.69) is 10.3 Å². The lowest BCUT2D eigenvalue weighted by molar-refractivity contribution is -0.121. The van der Waals surface area contributed by atoms with Crippen molar-refractivity contribution in [3.63, 3.8) is 0 Å². The van der Waals surface area contributed by atoms with Crippen LogP contribution in [0.5, 0.6) is 0 Å². The van der Waals surface area contributed by atoms with Gasteiger partial charge >= 0.3 is 0 Å². The van der Waals surface area contributed by atoms with E-state index in [4.69, 9.17) is 12.3 Å². The number of aryl methyl sites for hydroxylation is 1. The van der Waals surface area contributed by atoms with Gasteiger partial charge in [0.05, 0.1) is 14.1 Å². The first kappa shape index (κ1) is 18.1. The largest absolute Gasteiger partial charge is 0.464 e. The first-order valence-electron chi connectivity index (χ1n) is 7.61. The summed E-state index contributed by atoms with van der Waals surface area (Å²) in [6.45, 7) is 0. The second-order valence-corrected chi connectivity index (χ2v) is 5.49. The Morgan fingerprint density at radius 1 is 1.21 bits per heavy atom. The van der Waals surface area contributed by atoms with E-state index in [9.17, 15) is 4.79 Å². The summed E-state index contributed by atoms with van der Waals surface area (Å²) in [6, 6.07) is 11.6. The molecule has 0 fully saturated rings. The molecule has 0 aliphatic heterocycles. The Morgan fingerprint density at radius 2 is 1.96 bits per heavy atom. The summed E-state index contributed by atoms with van der Waals surface area (Å²) >= 11 is 0. The Morgan fingerprint density at radius 3 is 2.75 bits per heavy atom. The van der Waals surface area contributed by atoms with E-state index in [1.54, 1.807) is 18.7 Å². The monoisotopic (exact) mass is 340 g/mol. The highest BCUT2D eigenvalue weighted by Crippen LogP contribution is 2.21. The van der Waals surface area contributed by atoms with E-state index in [1.807, 2.05) is 36.4 Å². The molecule has 1 atom stereocenters. The van der Waals surface area contributed by atoms with E-state index >= 15 is 0 Å². The Balaban J connectivity index is 0.00000208. The minimum atomic E-state index is -0.430. The van der Waals surface area contributed by atoms with Crippen molar-refractivity contribution < 1.29 is 9.21 Å². The van der Waals surface area contributed by atoms with Crippen molar-refractivity contribution in [1.82, 2.24) is 10.3 Å². The quantitative estimate of drug-likeness (QED) is 0.702. The van der Waals surface area contributed by atoms with E-state index < -0.39 is 5.94 Å². The minimum Gasteiger partial charge on any atom is -0.464 e. The highest BCUT2D eigenvalue weighted by molar-refractivity contribution is 6.13. The van der Waals surface area contributed by atoms with Crippen molar-refractivity contribution in [3.05, 3.63) is 66.2 Å². The second kappa shape index (κ2) is 8.55. The number of amides is 1. The number of para-hydroxylation sites is 1. The van der Waals surface area contributed by atoms with Crippen LogP contribution in [0.25, 0.3) is 11.0 Å². The first-order chi connectivity index (χ1) is 11.2. The van der Waals surface area contributed by atoms with Crippen LogP contribution in [-0.4, -0.2) is 24.7 Å². The molecule has 1 amide bonds. The van der Waals surface area contributed by atoms with Crippen LogP contribution in [-0.2, 0) is 17.6 Å². The molecule has 2 heterocycles. The summed E-state index contributed by atoms with van der Waals surface area (Å²) in [5.41, 5.74) is 2.92. The van der Waals surface area contributed by atoms with Crippen molar-refractivity contribution in [2.24, 2.45) is 0 Å². The lowest BCUT2D eigenvalue weighted by atomic mass is 9.89. The van der Waals surface area contributed by atoms with Gasteiger partial charge in [-0.1, -0.05) is 18.2 Å². The zero-order valence-electron chi connectivity index (χ0n) is 13.1. The number of hydrogen-bond acceptors (Lipinski definition) is 3. The van der Waals surface area contributed by atoms with Crippen molar-refractivity contribution in [2.75, 3.05) is 0 Å². The van der Waals surface area contributed by atoms with Gasteiger partial charge < -0.3 is 9.73 Å². The molecular weight excluding hydrogens is 322 g/mol. The number of nitrogens with one attached hydrogen (secondary N) is 1. The number of rotatable bonds is 6. The SMILES string of the molecule is Cl.[B][C@H](Cc1coc2ccccc12)NC(=O)CCc1ccncc1. The maximum absolute atomic E-state index is 12.0. The van der Waals surface area contributed by atoms with Crippen LogP contribution >= 0.6 is 12.4 Å². The Bertz CT molecular complexity index is 792. The molecule has 1 aromatic carbocycles. The van der Waals surface area contributed by atoms with Crippen LogP contribution in [0.15, 0.2) is 59.5 Å². The molecule has 0 aliphatic rings. The van der Waals surface area contributed by atoms with E-state index in [0.29, 0.717) is 19.3 Å². The average Bonchev–Trinajstić information content (AvgIpc) is 2.97. The van der Waals surface area contributed by atoms with Gasteiger partial charge in [0.2, 0.25) is 5.91 Å². The Labute approximate surface area is 148 Å². The average molecular weight is 341 g/mol. The van der Waals surface area contributed by atoms with Gasteiger partial charge in [-0.05, 0) is 48.1 Å². The smallest absolute Gasteiger partial charge is 0.219 e. The topological polar surface area (TPSA) is 55.1 Å². The van der Waals surface area contributed by atoms with Gasteiger partial charge in [-0.25, -0.2) is 0 Å². The van der Waals surface area contributed by atoms with Crippen molar-refractivity contribution in [2.45, 2.75) is 25.2 Å². The first-order valence-corrected chi connectivity index (χ1v) is 7.61. The predicted octanol–water partition coefficient (Wildman–Crippen LogP) is 3.04. The standard InChI is InChI=1S/C18H17BN2O2.ClH/c19-17(11-14-12-23-16-4-2-1-3-15(14)16)21-18(22)6-5-13-7-9-20-10-8-13;/h1-4,7-10,12,17H,5-6,11H2,(H,21,22);1H/t17-;/m0./s1. The molecule has 0 bridgehead atoms. The summed E-state index contributed by atoms with van der Waals surface area (Å²) < 4.78 is 5.49. The predicted molar refractivity (Wildman–Crippen MR) is 97.4 cm³/mol. The summed E-state index contributed by atoms with van der Waals surface area (Å²) in [7, 11) is 6.04. The molecule has 0 spiro atoms. The number of carbonyl (C=O) groups excluding carboxylic acids is 1. The number of benzene rings is 1. The van der Waals surface area contributed by atoms with Gasteiger partial charge in [0.25, 0.3) is 0 Å². The van der Waals surface area contributed by atoms with Gasteiger partial charge in [0, 0.05) is 24.2 Å². The normalized spacial score (nSPS) is 11.7. The molecule has 0 saturated heterocycles. The number of aromatic nitrogens is 1. The molecule has 1 N–H and O–H groups in total. The van der Waals surface area contributed by atoms with Crippen LogP contribution in [0.1, 0.15) is 17.5 Å². The van der Waals surface area contributed by atoms with E-state index in [1.165, 1.54) is 0 Å². The maximum atomic E-state index is 12.0. The minimum absolute atomic E-state index is 0. The molecule has 3 aromatic rings. The van der Waals surface area contributed by atoms with Crippen molar-refractivity contribution >= 4 is 37.1 Å². The lowest BCUT2D eigenvalue weighted by Gasteiger charge is -2.13. The summed E-state index contributed by atoms with van der Waals surface area (Å²) in [6.07, 6.45) is 6.77. The van der Waals surface area contributed by atoms with E-state index in [-0.39, 0.29) is 18.3 Å². The highest BCUT2D eigenvalue weighted by Gasteiger charge is 2.11. The van der Waals surface area contributed by atoms with Gasteiger partial charge in [0.15, 0.2) is 0 Å². The molecule has 0 aliphatic carbocycles. The highest BCUT2D eigenvalue weighted by atomic mass is 35.5. The number of hydrogen-bond donors (Lipinski definition) is 1. The zero-order chi connectivity index (χ0) is 16.1. The zero-order valence-corrected chi connectivity index (χ0v) is 14.0. The third-order valence-electron chi connectivity index (χ3n) is 3.74. The van der Waals surface area contributed by atoms with Gasteiger partial charge in [0.1, 0.15) is 5.58 Å². The van der Waals surface area contributed by atoms with Crippen LogP contribution in [0, 0.1) is 0 Å². The lowest BCUT2D eigenvalue weighted by Crippen LogP contribution is -2.36. The molecule has 0 unspecified atom stereocenters. The van der Waals surface area contributed by atoms with E-state index in [0.717, 1.165) is 22.1 Å². The molecule has 122 valence electrons. The fourth-order valence-corrected chi connectivity index (χ4v) is 2.57.